The molecule has 0 radical (unpaired) electrons. The number of fused-ring (bicyclic) bond motifs is 1. The molecule has 1 saturated heterocycles. The van der Waals surface area contributed by atoms with Crippen molar-refractivity contribution in [3.8, 4) is 5.75 Å². The first-order valence-electron chi connectivity index (χ1n) is 40.1. The highest BCUT2D eigenvalue weighted by Gasteiger charge is 2.42. The van der Waals surface area contributed by atoms with Gasteiger partial charge in [0.2, 0.25) is 82.7 Å². The number of carboxylic acid groups (broad SMARTS) is 2. The molecule has 1 aliphatic heterocycles. The number of hydrogen-bond acceptors (Lipinski definition) is 22. The number of H-pyrrole nitrogens is 2. The minimum absolute atomic E-state index is 0.0260. The Hall–Kier alpha value is -13.1. The molecule has 0 spiro atoms. The Morgan fingerprint density at radius 2 is 1.01 bits per heavy atom. The molecule has 5 aromatic rings. The summed E-state index contributed by atoms with van der Waals surface area (Å²) in [6.07, 6.45) is 1.53. The van der Waals surface area contributed by atoms with E-state index in [1.54, 1.807) is 81.6 Å². The number of guanidine groups is 1. The van der Waals surface area contributed by atoms with Crippen LogP contribution in [0.2, 0.25) is 0 Å². The SMILES string of the molecule is CCCC[C@H](NC(=O)[C@H](CO)NC(=O)[C@H](Cc1ccc(O)cc1)NC(=O)[C@H](CO)NC(C)=O)C(=O)N[C@@H](CCC(=O)O)C(=O)N[C@@H](Cc1c[nH]cn1)C(=O)N[C@@H](Cc1ccccc1)C(=O)N[C@@H](CCCNC(=N)N)C(=O)N[C@@H](Cc1c[nH]c2ccccc12)C(=O)N[C@@H](CC(=O)O)C(=O)N[C@@H](CCCCN)C(=O)N1CCC[C@H]1C(=O)N[C@H](C(N)=O)C(C)C. The number of nitrogens with one attached hydrogen (secondary N) is 16. The molecule has 122 heavy (non-hydrogen) atoms. The monoisotopic (exact) mass is 1700 g/mol. The van der Waals surface area contributed by atoms with Crippen molar-refractivity contribution in [2.75, 3.05) is 32.8 Å². The lowest BCUT2D eigenvalue weighted by atomic mass is 10.0. The minimum atomic E-state index is -1.96. The van der Waals surface area contributed by atoms with Crippen LogP contribution in [0.4, 0.5) is 0 Å². The number of amides is 14. The molecule has 1 fully saturated rings. The summed E-state index contributed by atoms with van der Waals surface area (Å²) in [5, 5.41) is 91.7. The number of hydrogen-bond donors (Lipinski definition) is 24. The Balaban J connectivity index is 1.29. The summed E-state index contributed by atoms with van der Waals surface area (Å²) in [5.41, 5.74) is 19.0. The molecule has 0 saturated carbocycles. The number of nitrogens with zero attached hydrogens (tertiary/aromatic N) is 2. The molecule has 0 bridgehead atoms. The van der Waals surface area contributed by atoms with Gasteiger partial charge in [0.05, 0.1) is 31.7 Å². The van der Waals surface area contributed by atoms with E-state index in [1.165, 1.54) is 41.7 Å². The molecule has 3 heterocycles. The van der Waals surface area contributed by atoms with Gasteiger partial charge in [0.1, 0.15) is 84.3 Å². The van der Waals surface area contributed by atoms with E-state index < -0.39 is 224 Å². The Kier molecular flexibility index (Phi) is 39.6. The Morgan fingerprint density at radius 1 is 0.533 bits per heavy atom. The van der Waals surface area contributed by atoms with Crippen LogP contribution in [0.3, 0.4) is 0 Å². The number of aromatic hydroxyl groups is 1. The van der Waals surface area contributed by atoms with Gasteiger partial charge in [0.25, 0.3) is 0 Å². The highest BCUT2D eigenvalue weighted by atomic mass is 16.4. The standard InChI is InChI=1S/C80H113N21O21/c1-5-6-19-52(91-77(120)62(41-103)99-72(115)57(34-46-24-26-49(105)27-25-46)95-76(119)61(40-102)89-44(4)104)68(111)92-54(28-29-64(106)107)70(113)97-59(36-48-39-85-42-88-48)74(117)94-56(33-45-16-8-7-9-17-45)71(114)90-53(22-14-31-86-80(83)84)69(112)96-58(35-47-38-87-51-20-11-10-18-50(47)51)73(116)98-60(37-65(108)109)75(118)93-55(21-12-13-30-81)79(122)101-32-15-23-63(101)78(121)100-66(43(2)3)67(82)110/h7-11,16-18,20,24-27,38-39,42-43,52-63,66,87,102-103,105H,5-6,12-15,19,21-23,28-37,40-41,81H2,1-4H3,(H2,82,110)(H,85,88)(H,89,104)(H,90,114)(H,91,120)(H,92,111)(H,93,118)(H,94,117)(H,95,119)(H,96,112)(H,97,113)(H,98,116)(H,99,115)(H,100,121)(H,106,107)(H,108,109)(H4,83,84,86)/t52-,53-,54-,55-,56-,57-,58-,59-,60-,61-,62-,63-,66-/m0/s1. The number of rotatable bonds is 52. The predicted molar refractivity (Wildman–Crippen MR) is 439 cm³/mol. The molecule has 2 aromatic heterocycles. The van der Waals surface area contributed by atoms with Gasteiger partial charge in [-0.15, -0.1) is 0 Å². The van der Waals surface area contributed by atoms with Crippen LogP contribution in [0, 0.1) is 11.3 Å². The van der Waals surface area contributed by atoms with Crippen LogP contribution in [0.25, 0.3) is 10.9 Å². The van der Waals surface area contributed by atoms with Crippen LogP contribution in [-0.4, -0.2) is 257 Å². The number of aliphatic hydroxyl groups excluding tert-OH is 2. The third-order valence-electron chi connectivity index (χ3n) is 20.0. The van der Waals surface area contributed by atoms with Crippen LogP contribution in [-0.2, 0) is 102 Å². The number of unbranched alkanes of at least 4 members (excludes halogenated alkanes) is 2. The van der Waals surface area contributed by atoms with Crippen molar-refractivity contribution in [3.63, 3.8) is 0 Å². The van der Waals surface area contributed by atoms with Gasteiger partial charge in [-0.2, -0.15) is 0 Å². The molecular weight excluding hydrogens is 1590 g/mol. The average molecular weight is 1700 g/mol. The van der Waals surface area contributed by atoms with Gasteiger partial charge in [-0.1, -0.05) is 94.3 Å². The largest absolute Gasteiger partial charge is 0.508 e. The Labute approximate surface area is 702 Å². The smallest absolute Gasteiger partial charge is 0.305 e. The summed E-state index contributed by atoms with van der Waals surface area (Å²) >= 11 is 0. The molecule has 3 aromatic carbocycles. The summed E-state index contributed by atoms with van der Waals surface area (Å²) in [6, 6.07) is -0.271. The third-order valence-corrected chi connectivity index (χ3v) is 20.0. The first-order chi connectivity index (χ1) is 58.1. The lowest BCUT2D eigenvalue weighted by Crippen LogP contribution is -2.61. The number of para-hydroxylation sites is 1. The number of aliphatic hydroxyl groups is 2. The molecule has 0 unspecified atom stereocenters. The zero-order chi connectivity index (χ0) is 89.7. The van der Waals surface area contributed by atoms with Gasteiger partial charge in [-0.05, 0) is 105 Å². The second-order valence-electron chi connectivity index (χ2n) is 29.9. The van der Waals surface area contributed by atoms with Crippen molar-refractivity contribution >= 4 is 112 Å². The van der Waals surface area contributed by atoms with Crippen molar-refractivity contribution in [3.05, 3.63) is 120 Å². The molecule has 42 heteroatoms. The molecule has 0 aliphatic carbocycles. The number of benzene rings is 3. The Bertz CT molecular complexity index is 4420. The molecule has 664 valence electrons. The van der Waals surface area contributed by atoms with E-state index in [0.29, 0.717) is 46.9 Å². The van der Waals surface area contributed by atoms with Gasteiger partial charge in [-0.25, -0.2) is 4.98 Å². The number of aromatic nitrogens is 3. The van der Waals surface area contributed by atoms with Gasteiger partial charge in [-0.3, -0.25) is 82.1 Å². The maximum absolute atomic E-state index is 15.3. The van der Waals surface area contributed by atoms with E-state index in [4.69, 9.17) is 22.6 Å². The number of carboxylic acids is 2. The second-order valence-corrected chi connectivity index (χ2v) is 29.9. The molecule has 14 amide bonds. The van der Waals surface area contributed by atoms with E-state index in [2.05, 4.69) is 84.1 Å². The van der Waals surface area contributed by atoms with Crippen LogP contribution >= 0.6 is 0 Å². The fraction of sp³-hybridized carbons (Fsp3) is 0.500. The first-order valence-corrected chi connectivity index (χ1v) is 40.1. The average Bonchev–Trinajstić information content (AvgIpc) is 1.61. The van der Waals surface area contributed by atoms with E-state index in [-0.39, 0.29) is 95.3 Å². The zero-order valence-electron chi connectivity index (χ0n) is 68.3. The van der Waals surface area contributed by atoms with Gasteiger partial charge >= 0.3 is 11.9 Å². The maximum atomic E-state index is 15.3. The molecule has 1 aliphatic rings. The van der Waals surface area contributed by atoms with Gasteiger partial charge in [0.15, 0.2) is 5.96 Å². The summed E-state index contributed by atoms with van der Waals surface area (Å²) in [5.74, 6) is -17.9. The van der Waals surface area contributed by atoms with E-state index in [9.17, 15) is 83.1 Å². The zero-order valence-corrected chi connectivity index (χ0v) is 68.3. The number of carbonyl (C=O) groups excluding carboxylic acids is 14. The summed E-state index contributed by atoms with van der Waals surface area (Å²) in [7, 11) is 0. The van der Waals surface area contributed by atoms with Crippen molar-refractivity contribution in [2.45, 2.75) is 215 Å². The lowest BCUT2D eigenvalue weighted by molar-refractivity contribution is -0.144. The van der Waals surface area contributed by atoms with Crippen molar-refractivity contribution in [1.29, 1.82) is 5.41 Å². The summed E-state index contributed by atoms with van der Waals surface area (Å²) in [6.45, 7) is 4.34. The van der Waals surface area contributed by atoms with E-state index in [0.717, 1.165) is 6.92 Å². The number of carbonyl (C=O) groups is 16. The fourth-order valence-electron chi connectivity index (χ4n) is 13.5. The Morgan fingerprint density at radius 3 is 1.52 bits per heavy atom. The number of aromatic amines is 2. The molecule has 27 N–H and O–H groups in total. The number of likely N-dealkylation sites (tertiary alicyclic amines) is 1. The number of phenols is 1. The predicted octanol–water partition coefficient (Wildman–Crippen LogP) is -4.26. The minimum Gasteiger partial charge on any atom is -0.508 e. The molecule has 42 nitrogen and oxygen atoms in total. The van der Waals surface area contributed by atoms with Crippen molar-refractivity contribution < 1.29 is 102 Å². The first kappa shape index (κ1) is 97.7. The highest BCUT2D eigenvalue weighted by molar-refractivity contribution is 6.01. The van der Waals surface area contributed by atoms with Crippen LogP contribution in [0.15, 0.2) is 97.6 Å². The molecule has 13 atom stereocenters. The second kappa shape index (κ2) is 49.4. The van der Waals surface area contributed by atoms with Crippen molar-refractivity contribution in [2.24, 2.45) is 23.1 Å². The van der Waals surface area contributed by atoms with Crippen LogP contribution in [0.1, 0.15) is 134 Å². The third kappa shape index (κ3) is 31.5. The van der Waals surface area contributed by atoms with Crippen molar-refractivity contribution in [1.82, 2.24) is 89.0 Å². The number of phenolic OH excluding ortho intramolecular Hbond substituents is 1. The summed E-state index contributed by atoms with van der Waals surface area (Å²) < 4.78 is 0. The molecular formula is C80H113N21O21. The quantitative estimate of drug-likeness (QED) is 0.00996. The van der Waals surface area contributed by atoms with Crippen LogP contribution < -0.4 is 86.3 Å². The summed E-state index contributed by atoms with van der Waals surface area (Å²) in [4.78, 5) is 235. The maximum Gasteiger partial charge on any atom is 0.305 e. The van der Waals surface area contributed by atoms with Gasteiger partial charge in [0, 0.05) is 75.4 Å². The topological polar surface area (TPSA) is 680 Å². The normalized spacial score (nSPS) is 15.3. The number of nitrogens with two attached hydrogens (primary N) is 3. The number of primary amides is 1. The van der Waals surface area contributed by atoms with Crippen LogP contribution in [0.5, 0.6) is 5.75 Å². The highest BCUT2D eigenvalue weighted by Crippen LogP contribution is 2.24. The number of aliphatic carboxylic acids is 2. The van der Waals surface area contributed by atoms with Gasteiger partial charge < -0.3 is 127 Å². The molecule has 6 rings (SSSR count). The fourth-order valence-corrected chi connectivity index (χ4v) is 13.5. The number of imidazole rings is 1. The van der Waals surface area contributed by atoms with E-state index in [1.807, 2.05) is 0 Å². The van der Waals surface area contributed by atoms with E-state index >= 15 is 19.2 Å². The lowest BCUT2D eigenvalue weighted by Gasteiger charge is -2.31.